The van der Waals surface area contributed by atoms with Crippen LogP contribution in [0.2, 0.25) is 0 Å². The van der Waals surface area contributed by atoms with E-state index in [1.54, 1.807) is 30.3 Å². The Hall–Kier alpha value is -2.73. The minimum atomic E-state index is -5.05. The minimum absolute atomic E-state index is 0.00140. The van der Waals surface area contributed by atoms with Crippen molar-refractivity contribution in [3.05, 3.63) is 59.7 Å². The zero-order chi connectivity index (χ0) is 26.3. The molecule has 3 atom stereocenters. The Morgan fingerprint density at radius 2 is 1.83 bits per heavy atom. The van der Waals surface area contributed by atoms with Gasteiger partial charge in [-0.3, -0.25) is 0 Å². The number of carbonyl (C=O) groups is 1. The fourth-order valence-electron chi connectivity index (χ4n) is 4.83. The van der Waals surface area contributed by atoms with Gasteiger partial charge in [0.25, 0.3) is 10.0 Å². The summed E-state index contributed by atoms with van der Waals surface area (Å²) in [4.78, 5) is 14.2. The van der Waals surface area contributed by atoms with Gasteiger partial charge in [-0.1, -0.05) is 30.3 Å². The molecule has 2 aromatic rings. The van der Waals surface area contributed by atoms with E-state index in [0.29, 0.717) is 18.4 Å². The zero-order valence-electron chi connectivity index (χ0n) is 19.4. The van der Waals surface area contributed by atoms with E-state index in [1.165, 1.54) is 11.8 Å². The predicted molar refractivity (Wildman–Crippen MR) is 123 cm³/mol. The van der Waals surface area contributed by atoms with E-state index in [0.717, 1.165) is 12.1 Å². The number of nitrogens with one attached hydrogen (secondary N) is 2. The van der Waals surface area contributed by atoms with Crippen molar-refractivity contribution in [3.63, 3.8) is 0 Å². The van der Waals surface area contributed by atoms with Crippen molar-refractivity contribution in [3.8, 4) is 11.1 Å². The topological polar surface area (TPSA) is 78.5 Å². The molecule has 2 amide bonds. The molecule has 196 valence electrons. The number of sulfonamides is 1. The van der Waals surface area contributed by atoms with Crippen molar-refractivity contribution in [1.82, 2.24) is 14.9 Å². The van der Waals surface area contributed by atoms with Crippen LogP contribution in [0.1, 0.15) is 25.3 Å². The predicted octanol–water partition coefficient (Wildman–Crippen LogP) is 4.22. The van der Waals surface area contributed by atoms with Gasteiger partial charge in [-0.05, 0) is 49.4 Å². The summed E-state index contributed by atoms with van der Waals surface area (Å²) in [5.74, 6) is -5.23. The Bertz CT molecular complexity index is 1230. The Balaban J connectivity index is 1.74. The summed E-state index contributed by atoms with van der Waals surface area (Å²) in [6.45, 7) is 0.558. The van der Waals surface area contributed by atoms with Crippen molar-refractivity contribution in [2.45, 2.75) is 50.1 Å². The van der Waals surface area contributed by atoms with Crippen LogP contribution in [0.25, 0.3) is 11.1 Å². The van der Waals surface area contributed by atoms with Gasteiger partial charge in [0.2, 0.25) is 0 Å². The van der Waals surface area contributed by atoms with Gasteiger partial charge in [0, 0.05) is 17.5 Å². The fraction of sp³-hybridized carbons (Fsp3) is 0.458. The minimum Gasteiger partial charge on any atom is -0.333 e. The van der Waals surface area contributed by atoms with Crippen LogP contribution < -0.4 is 10.0 Å². The van der Waals surface area contributed by atoms with Crippen LogP contribution in [-0.2, 0) is 16.4 Å². The summed E-state index contributed by atoms with van der Waals surface area (Å²) in [5.41, 5.74) is -0.595. The number of alkyl halides is 3. The van der Waals surface area contributed by atoms with Crippen LogP contribution in [0.5, 0.6) is 0 Å². The summed E-state index contributed by atoms with van der Waals surface area (Å²) in [7, 11) is -5.05. The number of rotatable bonds is 8. The molecule has 0 radical (unpaired) electrons. The van der Waals surface area contributed by atoms with E-state index in [4.69, 9.17) is 0 Å². The second-order valence-corrected chi connectivity index (χ2v) is 11.1. The van der Waals surface area contributed by atoms with Gasteiger partial charge in [-0.2, -0.15) is 8.78 Å². The van der Waals surface area contributed by atoms with E-state index < -0.39 is 63.7 Å². The lowest BCUT2D eigenvalue weighted by molar-refractivity contribution is 0.182. The first-order valence-corrected chi connectivity index (χ1v) is 13.0. The third-order valence-electron chi connectivity index (χ3n) is 6.84. The maximum atomic E-state index is 15.6. The number of urea groups is 1. The van der Waals surface area contributed by atoms with E-state index in [9.17, 15) is 30.8 Å². The molecule has 2 aromatic carbocycles. The van der Waals surface area contributed by atoms with Gasteiger partial charge in [0.1, 0.15) is 18.3 Å². The number of carbonyl (C=O) groups excluding carboxylic acids is 1. The highest BCUT2D eigenvalue weighted by atomic mass is 32.2. The van der Waals surface area contributed by atoms with Crippen molar-refractivity contribution in [2.24, 2.45) is 5.41 Å². The van der Waals surface area contributed by atoms with Gasteiger partial charge < -0.3 is 10.2 Å². The maximum absolute atomic E-state index is 15.6. The lowest BCUT2D eigenvalue weighted by Gasteiger charge is -2.30. The number of hydrogen-bond acceptors (Lipinski definition) is 3. The number of halogens is 5. The van der Waals surface area contributed by atoms with Gasteiger partial charge in [0.05, 0.1) is 18.1 Å². The molecule has 1 saturated carbocycles. The molecular weight excluding hydrogens is 505 g/mol. The summed E-state index contributed by atoms with van der Waals surface area (Å²) in [5, 5.41) is 2.44. The molecular formula is C24H26F5N3O3S. The molecule has 36 heavy (non-hydrogen) atoms. The molecule has 0 bridgehead atoms. The normalized spacial score (nSPS) is 21.7. The van der Waals surface area contributed by atoms with Crippen molar-refractivity contribution in [2.75, 3.05) is 13.2 Å². The fourth-order valence-corrected chi connectivity index (χ4v) is 5.70. The van der Waals surface area contributed by atoms with Crippen LogP contribution in [0.4, 0.5) is 26.7 Å². The Morgan fingerprint density at radius 3 is 2.42 bits per heavy atom. The molecule has 1 saturated heterocycles. The summed E-state index contributed by atoms with van der Waals surface area (Å²) >= 11 is 0. The van der Waals surface area contributed by atoms with Crippen LogP contribution in [-0.4, -0.2) is 56.5 Å². The van der Waals surface area contributed by atoms with Gasteiger partial charge in [0.15, 0.2) is 0 Å². The molecule has 1 aliphatic carbocycles. The quantitative estimate of drug-likeness (QED) is 0.501. The SMILES string of the molecule is C[C@H](CF)NC(=O)N1CC2(CC2)[C@H](NS(=O)(=O)C(F)F)[C@@H]1Cc1cc(F)cc(-c2ccccc2)c1F. The van der Waals surface area contributed by atoms with Crippen LogP contribution in [0.15, 0.2) is 42.5 Å². The van der Waals surface area contributed by atoms with Crippen LogP contribution in [0.3, 0.4) is 0 Å². The van der Waals surface area contributed by atoms with E-state index in [-0.39, 0.29) is 24.1 Å². The molecule has 4 rings (SSSR count). The Kier molecular flexibility index (Phi) is 7.29. The first-order chi connectivity index (χ1) is 17.0. The highest BCUT2D eigenvalue weighted by molar-refractivity contribution is 7.89. The summed E-state index contributed by atoms with van der Waals surface area (Å²) in [6, 6.07) is 6.29. The standard InChI is InChI=1S/C24H26F5N3O3S/c1-14(12-25)30-23(33)32-13-24(7-8-24)21(31-36(34,35)22(28)29)19(32)10-16-9-17(26)11-18(20(16)27)15-5-3-2-4-6-15/h2-6,9,11,14,19,21-22,31H,7-8,10,12-13H2,1H3,(H,30,33)/t14-,19+,21-/m1/s1. The zero-order valence-corrected chi connectivity index (χ0v) is 20.2. The molecule has 2 aliphatic rings. The van der Waals surface area contributed by atoms with Crippen LogP contribution >= 0.6 is 0 Å². The van der Waals surface area contributed by atoms with E-state index >= 15 is 4.39 Å². The number of nitrogens with zero attached hydrogens (tertiary/aromatic N) is 1. The largest absolute Gasteiger partial charge is 0.350 e. The Labute approximate surface area is 205 Å². The molecule has 2 N–H and O–H groups in total. The number of hydrogen-bond donors (Lipinski definition) is 2. The smallest absolute Gasteiger partial charge is 0.333 e. The molecule has 0 aromatic heterocycles. The van der Waals surface area contributed by atoms with Gasteiger partial charge >= 0.3 is 11.8 Å². The second kappa shape index (κ2) is 9.97. The third kappa shape index (κ3) is 5.19. The molecule has 2 fully saturated rings. The maximum Gasteiger partial charge on any atom is 0.350 e. The van der Waals surface area contributed by atoms with Crippen molar-refractivity contribution >= 4 is 16.1 Å². The average molecular weight is 532 g/mol. The number of benzene rings is 2. The van der Waals surface area contributed by atoms with Crippen LogP contribution in [0, 0.1) is 17.0 Å². The van der Waals surface area contributed by atoms with Gasteiger partial charge in [-0.15, -0.1) is 0 Å². The lowest BCUT2D eigenvalue weighted by atomic mass is 9.91. The number of likely N-dealkylation sites (tertiary alicyclic amines) is 1. The molecule has 12 heteroatoms. The lowest BCUT2D eigenvalue weighted by Crippen LogP contribution is -2.53. The first-order valence-electron chi connectivity index (χ1n) is 11.4. The molecule has 1 heterocycles. The molecule has 1 spiro atoms. The monoisotopic (exact) mass is 531 g/mol. The average Bonchev–Trinajstić information content (AvgIpc) is 3.56. The molecule has 0 unspecified atom stereocenters. The number of amides is 2. The van der Waals surface area contributed by atoms with E-state index in [1.807, 2.05) is 4.72 Å². The Morgan fingerprint density at radius 1 is 1.17 bits per heavy atom. The third-order valence-corrected chi connectivity index (χ3v) is 7.89. The second-order valence-electron chi connectivity index (χ2n) is 9.46. The summed E-state index contributed by atoms with van der Waals surface area (Å²) < 4.78 is 95.9. The van der Waals surface area contributed by atoms with E-state index in [2.05, 4.69) is 5.32 Å². The first kappa shape index (κ1) is 26.3. The van der Waals surface area contributed by atoms with Crippen molar-refractivity contribution in [1.29, 1.82) is 0 Å². The molecule has 6 nitrogen and oxygen atoms in total. The molecule has 1 aliphatic heterocycles. The van der Waals surface area contributed by atoms with Crippen molar-refractivity contribution < 1.29 is 35.2 Å². The highest BCUT2D eigenvalue weighted by Gasteiger charge is 2.62. The highest BCUT2D eigenvalue weighted by Crippen LogP contribution is 2.55. The van der Waals surface area contributed by atoms with Gasteiger partial charge in [-0.25, -0.2) is 31.1 Å². The summed E-state index contributed by atoms with van der Waals surface area (Å²) in [6.07, 6.45) is 0.547.